The van der Waals surface area contributed by atoms with E-state index in [1.54, 1.807) is 29.6 Å². The molecule has 0 amide bonds. The zero-order chi connectivity index (χ0) is 16.3. The van der Waals surface area contributed by atoms with Crippen LogP contribution in [0.15, 0.2) is 70.3 Å². The molecular formula is C17H16N2O2S2. The van der Waals surface area contributed by atoms with Crippen LogP contribution in [-0.2, 0) is 10.0 Å². The van der Waals surface area contributed by atoms with Crippen molar-refractivity contribution in [2.45, 2.75) is 11.1 Å². The van der Waals surface area contributed by atoms with Gasteiger partial charge < -0.3 is 5.32 Å². The molecule has 0 aliphatic rings. The highest BCUT2D eigenvalue weighted by molar-refractivity contribution is 7.94. The van der Waals surface area contributed by atoms with Gasteiger partial charge in [0.25, 0.3) is 10.0 Å². The van der Waals surface area contributed by atoms with E-state index in [0.29, 0.717) is 15.6 Å². The maximum absolute atomic E-state index is 12.4. The molecule has 0 atom stereocenters. The van der Waals surface area contributed by atoms with Gasteiger partial charge in [-0.3, -0.25) is 4.72 Å². The molecule has 3 aromatic rings. The smallest absolute Gasteiger partial charge is 0.271 e. The third-order valence-corrected chi connectivity index (χ3v) is 6.02. The Morgan fingerprint density at radius 3 is 2.22 bits per heavy atom. The third-order valence-electron chi connectivity index (χ3n) is 3.26. The van der Waals surface area contributed by atoms with Crippen LogP contribution >= 0.6 is 11.3 Å². The highest BCUT2D eigenvalue weighted by Gasteiger charge is 2.16. The van der Waals surface area contributed by atoms with Crippen molar-refractivity contribution >= 4 is 38.4 Å². The van der Waals surface area contributed by atoms with Crippen LogP contribution in [0.1, 0.15) is 5.56 Å². The van der Waals surface area contributed by atoms with Crippen LogP contribution < -0.4 is 10.0 Å². The van der Waals surface area contributed by atoms with Crippen molar-refractivity contribution in [3.05, 3.63) is 71.6 Å². The summed E-state index contributed by atoms with van der Waals surface area (Å²) in [6, 6.07) is 18.5. The minimum atomic E-state index is -3.56. The summed E-state index contributed by atoms with van der Waals surface area (Å²) in [5.74, 6) is 0. The van der Waals surface area contributed by atoms with Crippen molar-refractivity contribution in [2.75, 3.05) is 10.0 Å². The second kappa shape index (κ2) is 6.44. The maximum Gasteiger partial charge on any atom is 0.271 e. The molecule has 23 heavy (non-hydrogen) atoms. The van der Waals surface area contributed by atoms with Crippen molar-refractivity contribution in [1.82, 2.24) is 0 Å². The standard InChI is InChI=1S/C17H16N2O2S2/c1-13-8-10-14(11-9-13)18-15-5-2-3-6-16(15)19-23(20,21)17-7-4-12-22-17/h2-12,18-19H,1H3. The molecule has 0 aliphatic heterocycles. The van der Waals surface area contributed by atoms with Gasteiger partial charge in [0.2, 0.25) is 0 Å². The van der Waals surface area contributed by atoms with Crippen LogP contribution in [-0.4, -0.2) is 8.42 Å². The Morgan fingerprint density at radius 2 is 1.57 bits per heavy atom. The third kappa shape index (κ3) is 3.72. The SMILES string of the molecule is Cc1ccc(Nc2ccccc2NS(=O)(=O)c2cccs2)cc1. The molecule has 1 heterocycles. The van der Waals surface area contributed by atoms with Crippen LogP contribution in [0.2, 0.25) is 0 Å². The molecule has 118 valence electrons. The average Bonchev–Trinajstić information content (AvgIpc) is 3.06. The molecule has 0 saturated carbocycles. The van der Waals surface area contributed by atoms with Crippen molar-refractivity contribution in [3.63, 3.8) is 0 Å². The van der Waals surface area contributed by atoms with E-state index < -0.39 is 10.0 Å². The molecule has 0 fully saturated rings. The maximum atomic E-state index is 12.4. The summed E-state index contributed by atoms with van der Waals surface area (Å²) < 4.78 is 27.7. The largest absolute Gasteiger partial charge is 0.354 e. The van der Waals surface area contributed by atoms with Gasteiger partial charge in [-0.2, -0.15) is 0 Å². The molecule has 0 spiro atoms. The molecule has 2 aromatic carbocycles. The van der Waals surface area contributed by atoms with Crippen molar-refractivity contribution in [2.24, 2.45) is 0 Å². The number of anilines is 3. The van der Waals surface area contributed by atoms with Gasteiger partial charge in [0.15, 0.2) is 0 Å². The summed E-state index contributed by atoms with van der Waals surface area (Å²) >= 11 is 1.19. The van der Waals surface area contributed by atoms with Crippen molar-refractivity contribution < 1.29 is 8.42 Å². The Bertz CT molecular complexity index is 887. The molecule has 0 aliphatic carbocycles. The molecule has 1 aromatic heterocycles. The van der Waals surface area contributed by atoms with Gasteiger partial charge in [0.05, 0.1) is 11.4 Å². The number of aryl methyl sites for hydroxylation is 1. The number of para-hydroxylation sites is 2. The molecular weight excluding hydrogens is 328 g/mol. The summed E-state index contributed by atoms with van der Waals surface area (Å²) in [7, 11) is -3.56. The van der Waals surface area contributed by atoms with Gasteiger partial charge in [-0.05, 0) is 42.6 Å². The number of nitrogens with one attached hydrogen (secondary N) is 2. The van der Waals surface area contributed by atoms with Gasteiger partial charge in [0, 0.05) is 5.69 Å². The number of hydrogen-bond donors (Lipinski definition) is 2. The zero-order valence-corrected chi connectivity index (χ0v) is 14.1. The Labute approximate surface area is 139 Å². The number of sulfonamides is 1. The molecule has 4 nitrogen and oxygen atoms in total. The quantitative estimate of drug-likeness (QED) is 0.711. The Hall–Kier alpha value is -2.31. The number of thiophene rings is 1. The second-order valence-electron chi connectivity index (χ2n) is 5.07. The number of hydrogen-bond acceptors (Lipinski definition) is 4. The highest BCUT2D eigenvalue weighted by atomic mass is 32.2. The minimum absolute atomic E-state index is 0.294. The van der Waals surface area contributed by atoms with Crippen molar-refractivity contribution in [1.29, 1.82) is 0 Å². The zero-order valence-electron chi connectivity index (χ0n) is 12.5. The van der Waals surface area contributed by atoms with E-state index in [4.69, 9.17) is 0 Å². The van der Waals surface area contributed by atoms with Gasteiger partial charge in [-0.15, -0.1) is 11.3 Å². The number of rotatable bonds is 5. The van der Waals surface area contributed by atoms with E-state index >= 15 is 0 Å². The lowest BCUT2D eigenvalue weighted by molar-refractivity contribution is 0.603. The molecule has 0 unspecified atom stereocenters. The van der Waals surface area contributed by atoms with Crippen LogP contribution in [0.5, 0.6) is 0 Å². The highest BCUT2D eigenvalue weighted by Crippen LogP contribution is 2.28. The first kappa shape index (κ1) is 15.6. The van der Waals surface area contributed by atoms with E-state index in [1.165, 1.54) is 16.9 Å². The Kier molecular flexibility index (Phi) is 4.36. The lowest BCUT2D eigenvalue weighted by atomic mass is 10.2. The van der Waals surface area contributed by atoms with Crippen LogP contribution in [0, 0.1) is 6.92 Å². The van der Waals surface area contributed by atoms with Gasteiger partial charge >= 0.3 is 0 Å². The summed E-state index contributed by atoms with van der Waals surface area (Å²) in [5, 5.41) is 4.99. The minimum Gasteiger partial charge on any atom is -0.354 e. The van der Waals surface area contributed by atoms with Gasteiger partial charge in [-0.1, -0.05) is 35.9 Å². The van der Waals surface area contributed by atoms with Crippen LogP contribution in [0.25, 0.3) is 0 Å². The van der Waals surface area contributed by atoms with Crippen LogP contribution in [0.4, 0.5) is 17.1 Å². The molecule has 0 saturated heterocycles. The number of benzene rings is 2. The van der Waals surface area contributed by atoms with E-state index in [-0.39, 0.29) is 0 Å². The van der Waals surface area contributed by atoms with Crippen LogP contribution in [0.3, 0.4) is 0 Å². The van der Waals surface area contributed by atoms with Crippen molar-refractivity contribution in [3.8, 4) is 0 Å². The fraction of sp³-hybridized carbons (Fsp3) is 0.0588. The first-order valence-electron chi connectivity index (χ1n) is 7.04. The Morgan fingerprint density at radius 1 is 0.870 bits per heavy atom. The summed E-state index contributed by atoms with van der Waals surface area (Å²) in [5.41, 5.74) is 3.29. The van der Waals surface area contributed by atoms with Gasteiger partial charge in [0.1, 0.15) is 4.21 Å². The van der Waals surface area contributed by atoms with E-state index in [9.17, 15) is 8.42 Å². The summed E-state index contributed by atoms with van der Waals surface area (Å²) in [6.07, 6.45) is 0. The topological polar surface area (TPSA) is 58.2 Å². The predicted molar refractivity (Wildman–Crippen MR) is 96.0 cm³/mol. The Balaban J connectivity index is 1.88. The molecule has 6 heteroatoms. The summed E-state index contributed by atoms with van der Waals surface area (Å²) in [4.78, 5) is 0. The normalized spacial score (nSPS) is 11.2. The molecule has 3 rings (SSSR count). The fourth-order valence-electron chi connectivity index (χ4n) is 2.08. The monoisotopic (exact) mass is 344 g/mol. The van der Waals surface area contributed by atoms with E-state index in [2.05, 4.69) is 10.0 Å². The average molecular weight is 344 g/mol. The fourth-order valence-corrected chi connectivity index (χ4v) is 4.16. The lowest BCUT2D eigenvalue weighted by Gasteiger charge is -2.13. The molecule has 2 N–H and O–H groups in total. The molecule has 0 bridgehead atoms. The second-order valence-corrected chi connectivity index (χ2v) is 7.93. The lowest BCUT2D eigenvalue weighted by Crippen LogP contribution is -2.12. The van der Waals surface area contributed by atoms with Gasteiger partial charge in [-0.25, -0.2) is 8.42 Å². The molecule has 0 radical (unpaired) electrons. The first-order valence-corrected chi connectivity index (χ1v) is 9.40. The van der Waals surface area contributed by atoms with E-state index in [0.717, 1.165) is 5.69 Å². The van der Waals surface area contributed by atoms with E-state index in [1.807, 2.05) is 43.3 Å². The first-order chi connectivity index (χ1) is 11.0. The predicted octanol–water partition coefficient (Wildman–Crippen LogP) is 4.60. The summed E-state index contributed by atoms with van der Waals surface area (Å²) in [6.45, 7) is 2.02.